The lowest BCUT2D eigenvalue weighted by Crippen LogP contribution is -2.45. The van der Waals surface area contributed by atoms with Crippen LogP contribution in [0.4, 0.5) is 17.5 Å². The van der Waals surface area contributed by atoms with E-state index in [1.165, 1.54) is 0 Å². The normalized spacial score (nSPS) is 20.1. The van der Waals surface area contributed by atoms with Gasteiger partial charge in [0.05, 0.1) is 29.2 Å². The summed E-state index contributed by atoms with van der Waals surface area (Å²) >= 11 is 0. The molecule has 40 heavy (non-hydrogen) atoms. The standard InChI is InChI=1S/C30H42N8OSi/c1-29(2,3)40(6,7)39-20-30(4)19-33-27-22(18-31)16-21(17-24(27)30)25-8-12-32-28(35-25)36-26-9-13-34-38(26)23-10-14-37(5)15-11-23/h8-9,12-13,16-17,23,33H,10-11,14-15,19-20H2,1-7H3,(H,32,35,36)/t30-/m1/s1. The van der Waals surface area contributed by atoms with Crippen LogP contribution in [0.2, 0.25) is 18.1 Å². The molecule has 0 spiro atoms. The molecule has 0 amide bonds. The summed E-state index contributed by atoms with van der Waals surface area (Å²) in [5, 5.41) is 21.7. The number of fused-ring (bicyclic) bond motifs is 1. The Balaban J connectivity index is 1.42. The van der Waals surface area contributed by atoms with Gasteiger partial charge in [-0.25, -0.2) is 14.6 Å². The highest BCUT2D eigenvalue weighted by Crippen LogP contribution is 2.44. The second-order valence-electron chi connectivity index (χ2n) is 13.1. The molecule has 0 aliphatic carbocycles. The fourth-order valence-corrected chi connectivity index (χ4v) is 6.36. The summed E-state index contributed by atoms with van der Waals surface area (Å²) in [6, 6.07) is 10.7. The van der Waals surface area contributed by atoms with Crippen molar-refractivity contribution in [2.75, 3.05) is 43.9 Å². The fourth-order valence-electron chi connectivity index (χ4n) is 5.25. The van der Waals surface area contributed by atoms with Crippen LogP contribution in [0.5, 0.6) is 0 Å². The fraction of sp³-hybridized carbons (Fsp3) is 0.533. The summed E-state index contributed by atoms with van der Waals surface area (Å²) in [7, 11) is 0.230. The third kappa shape index (κ3) is 5.51. The van der Waals surface area contributed by atoms with Crippen LogP contribution < -0.4 is 10.6 Å². The van der Waals surface area contributed by atoms with Gasteiger partial charge in [0.1, 0.15) is 11.9 Å². The Morgan fingerprint density at radius 2 is 1.95 bits per heavy atom. The Morgan fingerprint density at radius 1 is 1.20 bits per heavy atom. The Hall–Kier alpha value is -3.26. The molecule has 0 radical (unpaired) electrons. The monoisotopic (exact) mass is 558 g/mol. The first-order chi connectivity index (χ1) is 18.9. The number of nitrogens with one attached hydrogen (secondary N) is 2. The van der Waals surface area contributed by atoms with Gasteiger partial charge >= 0.3 is 0 Å². The molecule has 4 heterocycles. The molecular weight excluding hydrogens is 516 g/mol. The number of nitriles is 1. The van der Waals surface area contributed by atoms with Crippen molar-refractivity contribution in [2.45, 2.75) is 70.1 Å². The number of hydrogen-bond donors (Lipinski definition) is 2. The van der Waals surface area contributed by atoms with Gasteiger partial charge in [-0.3, -0.25) is 0 Å². The number of likely N-dealkylation sites (tertiary alicyclic amines) is 1. The average Bonchev–Trinajstić information content (AvgIpc) is 3.52. The third-order valence-electron chi connectivity index (χ3n) is 9.02. The van der Waals surface area contributed by atoms with E-state index < -0.39 is 8.32 Å². The number of hydrogen-bond acceptors (Lipinski definition) is 8. The molecule has 0 bridgehead atoms. The second kappa shape index (κ2) is 10.6. The lowest BCUT2D eigenvalue weighted by Gasteiger charge is -2.39. The zero-order valence-corrected chi connectivity index (χ0v) is 25.9. The van der Waals surface area contributed by atoms with Gasteiger partial charge in [-0.05, 0) is 74.9 Å². The molecule has 2 N–H and O–H groups in total. The van der Waals surface area contributed by atoms with Crippen molar-refractivity contribution < 1.29 is 4.43 Å². The zero-order valence-electron chi connectivity index (χ0n) is 24.9. The molecule has 1 atom stereocenters. The topological polar surface area (TPSA) is 104 Å². The van der Waals surface area contributed by atoms with Crippen molar-refractivity contribution in [3.05, 3.63) is 47.8 Å². The molecule has 212 valence electrons. The van der Waals surface area contributed by atoms with Crippen LogP contribution >= 0.6 is 0 Å². The van der Waals surface area contributed by atoms with Gasteiger partial charge in [0, 0.05) is 36.4 Å². The van der Waals surface area contributed by atoms with E-state index in [0.29, 0.717) is 24.2 Å². The number of rotatable bonds is 7. The molecule has 1 fully saturated rings. The minimum absolute atomic E-state index is 0.130. The molecule has 3 aromatic rings. The number of aromatic nitrogens is 4. The van der Waals surface area contributed by atoms with E-state index in [2.05, 4.69) is 90.3 Å². The van der Waals surface area contributed by atoms with Crippen molar-refractivity contribution in [2.24, 2.45) is 0 Å². The predicted molar refractivity (Wildman–Crippen MR) is 162 cm³/mol. The highest BCUT2D eigenvalue weighted by atomic mass is 28.4. The van der Waals surface area contributed by atoms with Crippen LogP contribution in [0, 0.1) is 11.3 Å². The van der Waals surface area contributed by atoms with Crippen molar-refractivity contribution in [3.63, 3.8) is 0 Å². The molecule has 0 unspecified atom stereocenters. The molecule has 5 rings (SSSR count). The maximum absolute atomic E-state index is 10.0. The molecule has 2 aliphatic heterocycles. The number of piperidine rings is 1. The molecule has 2 aromatic heterocycles. The van der Waals surface area contributed by atoms with Gasteiger partial charge in [0.25, 0.3) is 0 Å². The first kappa shape index (κ1) is 28.3. The minimum Gasteiger partial charge on any atom is -0.416 e. The maximum atomic E-state index is 10.0. The van der Waals surface area contributed by atoms with E-state index in [-0.39, 0.29) is 10.5 Å². The van der Waals surface area contributed by atoms with Gasteiger partial charge in [-0.15, -0.1) is 0 Å². The largest absolute Gasteiger partial charge is 0.416 e. The Morgan fingerprint density at radius 3 is 2.65 bits per heavy atom. The minimum atomic E-state index is -1.93. The molecule has 1 saturated heterocycles. The summed E-state index contributed by atoms with van der Waals surface area (Å²) in [6.45, 7) is 17.0. The van der Waals surface area contributed by atoms with Gasteiger partial charge in [-0.2, -0.15) is 10.4 Å². The molecule has 2 aliphatic rings. The number of anilines is 3. The maximum Gasteiger partial charge on any atom is 0.228 e. The molecule has 9 nitrogen and oxygen atoms in total. The Bertz CT molecular complexity index is 1410. The van der Waals surface area contributed by atoms with E-state index in [1.54, 1.807) is 6.20 Å². The quantitative estimate of drug-likeness (QED) is 0.344. The highest BCUT2D eigenvalue weighted by molar-refractivity contribution is 6.74. The van der Waals surface area contributed by atoms with Crippen LogP contribution in [0.25, 0.3) is 11.3 Å². The molecule has 10 heteroatoms. The summed E-state index contributed by atoms with van der Waals surface area (Å²) < 4.78 is 8.73. The Kier molecular flexibility index (Phi) is 7.50. The SMILES string of the molecule is CN1CCC(n2nccc2Nc2nccc(-c3cc(C#N)c4c(c3)[C@@](C)(CO[Si](C)(C)C(C)(C)C)CN4)n2)CC1. The Labute approximate surface area is 239 Å². The van der Waals surface area contributed by atoms with Gasteiger partial charge < -0.3 is 20.0 Å². The van der Waals surface area contributed by atoms with E-state index in [4.69, 9.17) is 9.41 Å². The average molecular weight is 559 g/mol. The van der Waals surface area contributed by atoms with E-state index in [1.807, 2.05) is 24.4 Å². The van der Waals surface area contributed by atoms with Crippen LogP contribution in [0.3, 0.4) is 0 Å². The van der Waals surface area contributed by atoms with Crippen molar-refractivity contribution >= 4 is 25.8 Å². The summed E-state index contributed by atoms with van der Waals surface area (Å²) in [4.78, 5) is 11.7. The first-order valence-corrected chi connectivity index (χ1v) is 17.1. The third-order valence-corrected chi connectivity index (χ3v) is 13.5. The number of nitrogens with zero attached hydrogens (tertiary/aromatic N) is 6. The van der Waals surface area contributed by atoms with Crippen LogP contribution in [0.1, 0.15) is 57.7 Å². The highest BCUT2D eigenvalue weighted by Gasteiger charge is 2.42. The molecule has 1 aromatic carbocycles. The van der Waals surface area contributed by atoms with Crippen LogP contribution in [-0.2, 0) is 9.84 Å². The van der Waals surface area contributed by atoms with Gasteiger partial charge in [0.2, 0.25) is 5.95 Å². The van der Waals surface area contributed by atoms with Crippen LogP contribution in [0.15, 0.2) is 36.7 Å². The summed E-state index contributed by atoms with van der Waals surface area (Å²) in [5.41, 5.74) is 4.04. The predicted octanol–water partition coefficient (Wildman–Crippen LogP) is 5.93. The second-order valence-corrected chi connectivity index (χ2v) is 17.9. The van der Waals surface area contributed by atoms with Gasteiger partial charge in [0.15, 0.2) is 8.32 Å². The van der Waals surface area contributed by atoms with E-state index in [0.717, 1.165) is 60.8 Å². The number of benzene rings is 1. The summed E-state index contributed by atoms with van der Waals surface area (Å²) in [6.07, 6.45) is 5.71. The first-order valence-electron chi connectivity index (χ1n) is 14.2. The van der Waals surface area contributed by atoms with E-state index >= 15 is 0 Å². The van der Waals surface area contributed by atoms with Crippen molar-refractivity contribution in [3.8, 4) is 17.3 Å². The smallest absolute Gasteiger partial charge is 0.228 e. The molecule has 0 saturated carbocycles. The van der Waals surface area contributed by atoms with E-state index in [9.17, 15) is 5.26 Å². The molecular formula is C30H42N8OSi. The summed E-state index contributed by atoms with van der Waals surface area (Å²) in [5.74, 6) is 1.39. The zero-order chi connectivity index (χ0) is 28.7. The lowest BCUT2D eigenvalue weighted by molar-refractivity contribution is 0.214. The van der Waals surface area contributed by atoms with Gasteiger partial charge in [-0.1, -0.05) is 27.7 Å². The van der Waals surface area contributed by atoms with Crippen LogP contribution in [-0.4, -0.2) is 66.3 Å². The lowest BCUT2D eigenvalue weighted by atomic mass is 9.83. The van der Waals surface area contributed by atoms with Crippen molar-refractivity contribution in [1.29, 1.82) is 5.26 Å². The van der Waals surface area contributed by atoms with Crippen molar-refractivity contribution in [1.82, 2.24) is 24.6 Å².